The molecule has 0 amide bonds. The highest BCUT2D eigenvalue weighted by Gasteiger charge is 2.04. The summed E-state index contributed by atoms with van der Waals surface area (Å²) in [7, 11) is 1.79. The smallest absolute Gasteiger partial charge is 0.162 e. The minimum absolute atomic E-state index is 0.673. The second-order valence-electron chi connectivity index (χ2n) is 3.24. The first-order valence-corrected chi connectivity index (χ1v) is 5.84. The fourth-order valence-electron chi connectivity index (χ4n) is 1.32. The van der Waals surface area contributed by atoms with Crippen LogP contribution in [-0.4, -0.2) is 18.3 Å². The molecule has 4 heteroatoms. The molecule has 2 rings (SSSR count). The Morgan fingerprint density at radius 3 is 2.71 bits per heavy atom. The molecule has 2 heterocycles. The molecule has 0 bridgehead atoms. The van der Waals surface area contributed by atoms with E-state index in [1.807, 2.05) is 18.2 Å². The first-order valence-electron chi connectivity index (χ1n) is 5.02. The van der Waals surface area contributed by atoms with E-state index in [4.69, 9.17) is 0 Å². The van der Waals surface area contributed by atoms with Crippen molar-refractivity contribution in [2.75, 3.05) is 12.4 Å². The summed E-state index contributed by atoms with van der Waals surface area (Å²) in [4.78, 5) is 16.3. The molecule has 0 radical (unpaired) electrons. The van der Waals surface area contributed by atoms with Gasteiger partial charge in [0.1, 0.15) is 0 Å². The quantitative estimate of drug-likeness (QED) is 0.649. The van der Waals surface area contributed by atoms with Gasteiger partial charge in [0.2, 0.25) is 0 Å². The van der Waals surface area contributed by atoms with Gasteiger partial charge in [-0.25, -0.2) is 0 Å². The van der Waals surface area contributed by atoms with Gasteiger partial charge in [-0.3, -0.25) is 9.78 Å². The van der Waals surface area contributed by atoms with E-state index in [0.29, 0.717) is 4.88 Å². The molecule has 0 saturated heterocycles. The van der Waals surface area contributed by atoms with Crippen LogP contribution in [0.3, 0.4) is 0 Å². The third-order valence-electron chi connectivity index (χ3n) is 2.15. The van der Waals surface area contributed by atoms with Crippen molar-refractivity contribution in [1.29, 1.82) is 0 Å². The van der Waals surface area contributed by atoms with Crippen LogP contribution in [0, 0.1) is 11.8 Å². The van der Waals surface area contributed by atoms with Crippen molar-refractivity contribution in [1.82, 2.24) is 4.98 Å². The fraction of sp³-hybridized carbons (Fsp3) is 0.0769. The second-order valence-corrected chi connectivity index (χ2v) is 4.33. The Hall–Kier alpha value is -2.12. The Balaban J connectivity index is 2.28. The van der Waals surface area contributed by atoms with Crippen molar-refractivity contribution >= 4 is 23.3 Å². The summed E-state index contributed by atoms with van der Waals surface area (Å²) < 4.78 is 0. The highest BCUT2D eigenvalue weighted by atomic mass is 32.1. The molecule has 1 N–H and O–H groups in total. The highest BCUT2D eigenvalue weighted by molar-refractivity contribution is 7.14. The van der Waals surface area contributed by atoms with E-state index < -0.39 is 0 Å². The highest BCUT2D eigenvalue weighted by Crippen LogP contribution is 2.24. The van der Waals surface area contributed by atoms with Crippen LogP contribution >= 0.6 is 11.3 Å². The van der Waals surface area contributed by atoms with Gasteiger partial charge in [-0.05, 0) is 18.2 Å². The lowest BCUT2D eigenvalue weighted by molar-refractivity contribution is 0.112. The maximum atomic E-state index is 10.8. The average molecular weight is 242 g/mol. The third-order valence-corrected chi connectivity index (χ3v) is 3.12. The van der Waals surface area contributed by atoms with Crippen molar-refractivity contribution in [2.24, 2.45) is 0 Å². The lowest BCUT2D eigenvalue weighted by Gasteiger charge is -1.92. The largest absolute Gasteiger partial charge is 0.387 e. The summed E-state index contributed by atoms with van der Waals surface area (Å²) in [6, 6.07) is 5.57. The Morgan fingerprint density at radius 1 is 1.35 bits per heavy atom. The van der Waals surface area contributed by atoms with Gasteiger partial charge in [0.15, 0.2) is 6.29 Å². The van der Waals surface area contributed by atoms with Crippen LogP contribution in [-0.2, 0) is 0 Å². The number of thiophene rings is 1. The molecule has 84 valence electrons. The van der Waals surface area contributed by atoms with E-state index in [1.54, 1.807) is 19.4 Å². The zero-order chi connectivity index (χ0) is 12.1. The molecule has 0 aromatic carbocycles. The first kappa shape index (κ1) is 11.4. The Labute approximate surface area is 104 Å². The number of hydrogen-bond acceptors (Lipinski definition) is 4. The van der Waals surface area contributed by atoms with Gasteiger partial charge in [-0.2, -0.15) is 0 Å². The standard InChI is InChI=1S/C13H10N2OS/c1-14-12-8-11(17-13(12)9-16)3-2-10-4-6-15-7-5-10/h4-9,14H,1H3. The average Bonchev–Trinajstić information content (AvgIpc) is 2.80. The predicted octanol–water partition coefficient (Wildman–Crippen LogP) is 2.40. The monoisotopic (exact) mass is 242 g/mol. The fourth-order valence-corrected chi connectivity index (χ4v) is 2.15. The van der Waals surface area contributed by atoms with Crippen LogP contribution in [0.4, 0.5) is 5.69 Å². The normalized spacial score (nSPS) is 9.24. The number of rotatable bonds is 2. The molecule has 0 fully saturated rings. The molecule has 17 heavy (non-hydrogen) atoms. The van der Waals surface area contributed by atoms with Gasteiger partial charge in [-0.15, -0.1) is 11.3 Å². The molecule has 0 saturated carbocycles. The Kier molecular flexibility index (Phi) is 3.53. The molecule has 0 spiro atoms. The molecule has 0 aliphatic carbocycles. The molecule has 0 unspecified atom stereocenters. The zero-order valence-corrected chi connectivity index (χ0v) is 10.0. The van der Waals surface area contributed by atoms with E-state index in [0.717, 1.165) is 22.4 Å². The predicted molar refractivity (Wildman–Crippen MR) is 69.5 cm³/mol. The second kappa shape index (κ2) is 5.28. The number of aldehydes is 1. The number of carbonyl (C=O) groups excluding carboxylic acids is 1. The van der Waals surface area contributed by atoms with Crippen molar-refractivity contribution < 1.29 is 4.79 Å². The van der Waals surface area contributed by atoms with Crippen LogP contribution in [0.25, 0.3) is 0 Å². The third kappa shape index (κ3) is 2.71. The molecule has 3 nitrogen and oxygen atoms in total. The van der Waals surface area contributed by atoms with Gasteiger partial charge in [0.25, 0.3) is 0 Å². The lowest BCUT2D eigenvalue weighted by atomic mass is 10.2. The Morgan fingerprint density at radius 2 is 2.12 bits per heavy atom. The topological polar surface area (TPSA) is 42.0 Å². The van der Waals surface area contributed by atoms with Gasteiger partial charge >= 0.3 is 0 Å². The number of aromatic nitrogens is 1. The molecule has 2 aromatic heterocycles. The molecule has 2 aromatic rings. The Bertz CT molecular complexity index is 578. The molecular weight excluding hydrogens is 232 g/mol. The summed E-state index contributed by atoms with van der Waals surface area (Å²) in [6.45, 7) is 0. The SMILES string of the molecule is CNc1cc(C#Cc2ccncc2)sc1C=O. The summed E-state index contributed by atoms with van der Waals surface area (Å²) in [5, 5.41) is 2.97. The number of hydrogen-bond donors (Lipinski definition) is 1. The number of anilines is 1. The van der Waals surface area contributed by atoms with Crippen LogP contribution in [0.5, 0.6) is 0 Å². The van der Waals surface area contributed by atoms with Crippen molar-refractivity contribution in [2.45, 2.75) is 0 Å². The maximum Gasteiger partial charge on any atom is 0.162 e. The van der Waals surface area contributed by atoms with Crippen molar-refractivity contribution in [3.05, 3.63) is 45.9 Å². The number of nitrogens with zero attached hydrogens (tertiary/aromatic N) is 1. The number of carbonyl (C=O) groups is 1. The van der Waals surface area contributed by atoms with Gasteiger partial charge in [0, 0.05) is 25.0 Å². The van der Waals surface area contributed by atoms with E-state index >= 15 is 0 Å². The van der Waals surface area contributed by atoms with E-state index in [-0.39, 0.29) is 0 Å². The van der Waals surface area contributed by atoms with Crippen LogP contribution < -0.4 is 5.32 Å². The van der Waals surface area contributed by atoms with Crippen molar-refractivity contribution in [3.8, 4) is 11.8 Å². The molecular formula is C13H10N2OS. The van der Waals surface area contributed by atoms with Crippen LogP contribution in [0.2, 0.25) is 0 Å². The molecule has 0 atom stereocenters. The van der Waals surface area contributed by atoms with Crippen LogP contribution in [0.15, 0.2) is 30.6 Å². The van der Waals surface area contributed by atoms with Crippen molar-refractivity contribution in [3.63, 3.8) is 0 Å². The van der Waals surface area contributed by atoms with E-state index in [9.17, 15) is 4.79 Å². The minimum atomic E-state index is 0.673. The zero-order valence-electron chi connectivity index (χ0n) is 9.23. The van der Waals surface area contributed by atoms with E-state index in [1.165, 1.54) is 11.3 Å². The summed E-state index contributed by atoms with van der Waals surface area (Å²) in [5.74, 6) is 6.06. The van der Waals surface area contributed by atoms with Gasteiger partial charge < -0.3 is 5.32 Å². The first-order chi connectivity index (χ1) is 8.33. The molecule has 0 aliphatic rings. The summed E-state index contributed by atoms with van der Waals surface area (Å²) >= 11 is 1.38. The van der Waals surface area contributed by atoms with E-state index in [2.05, 4.69) is 22.1 Å². The number of nitrogens with one attached hydrogen (secondary N) is 1. The minimum Gasteiger partial charge on any atom is -0.387 e. The number of pyridine rings is 1. The van der Waals surface area contributed by atoms with Gasteiger partial charge in [0.05, 0.1) is 15.4 Å². The lowest BCUT2D eigenvalue weighted by Crippen LogP contribution is -1.87. The van der Waals surface area contributed by atoms with Crippen LogP contribution in [0.1, 0.15) is 20.1 Å². The maximum absolute atomic E-state index is 10.8. The summed E-state index contributed by atoms with van der Waals surface area (Å²) in [5.41, 5.74) is 1.73. The molecule has 0 aliphatic heterocycles. The summed E-state index contributed by atoms with van der Waals surface area (Å²) in [6.07, 6.45) is 4.25. The van der Waals surface area contributed by atoms with Gasteiger partial charge in [-0.1, -0.05) is 11.8 Å².